The van der Waals surface area contributed by atoms with Gasteiger partial charge in [0.15, 0.2) is 0 Å². The van der Waals surface area contributed by atoms with Gasteiger partial charge in [0.05, 0.1) is 0 Å². The number of rotatable bonds is 7. The van der Waals surface area contributed by atoms with E-state index in [9.17, 15) is 14.4 Å². The largest absolute Gasteiger partial charge is 0.352 e. The Morgan fingerprint density at radius 2 is 1.64 bits per heavy atom. The molecule has 0 aliphatic carbocycles. The first-order chi connectivity index (χ1) is 13.3. The highest BCUT2D eigenvalue weighted by Gasteiger charge is 2.25. The first-order valence-electron chi connectivity index (χ1n) is 9.07. The SMILES string of the molecule is CCNC(=O)c1cccc(NC(=O)[C@@H](NC(=O)c2ccc(Cl)cc2)C(C)C)c1. The smallest absolute Gasteiger partial charge is 0.251 e. The van der Waals surface area contributed by atoms with E-state index < -0.39 is 6.04 Å². The van der Waals surface area contributed by atoms with Crippen LogP contribution in [-0.4, -0.2) is 30.3 Å². The molecule has 28 heavy (non-hydrogen) atoms. The van der Waals surface area contributed by atoms with Crippen molar-refractivity contribution in [2.24, 2.45) is 5.92 Å². The van der Waals surface area contributed by atoms with Crippen molar-refractivity contribution in [3.8, 4) is 0 Å². The molecule has 1 atom stereocenters. The molecule has 7 heteroatoms. The molecular weight excluding hydrogens is 378 g/mol. The van der Waals surface area contributed by atoms with E-state index in [4.69, 9.17) is 11.6 Å². The van der Waals surface area contributed by atoms with E-state index in [2.05, 4.69) is 16.0 Å². The lowest BCUT2D eigenvalue weighted by molar-refractivity contribution is -0.118. The van der Waals surface area contributed by atoms with Crippen LogP contribution in [0.4, 0.5) is 5.69 Å². The van der Waals surface area contributed by atoms with Gasteiger partial charge in [0.1, 0.15) is 6.04 Å². The van der Waals surface area contributed by atoms with Crippen LogP contribution in [0.1, 0.15) is 41.5 Å². The van der Waals surface area contributed by atoms with Crippen molar-refractivity contribution in [1.29, 1.82) is 0 Å². The van der Waals surface area contributed by atoms with Gasteiger partial charge < -0.3 is 16.0 Å². The third-order valence-electron chi connectivity index (χ3n) is 4.07. The Labute approximate surface area is 169 Å². The summed E-state index contributed by atoms with van der Waals surface area (Å²) in [6.45, 7) is 6.04. The molecule has 2 aromatic carbocycles. The zero-order valence-corrected chi connectivity index (χ0v) is 16.8. The van der Waals surface area contributed by atoms with Crippen molar-refractivity contribution in [2.75, 3.05) is 11.9 Å². The van der Waals surface area contributed by atoms with Gasteiger partial charge in [-0.15, -0.1) is 0 Å². The van der Waals surface area contributed by atoms with Gasteiger partial charge in [-0.05, 0) is 55.3 Å². The van der Waals surface area contributed by atoms with Crippen LogP contribution in [0, 0.1) is 5.92 Å². The minimum absolute atomic E-state index is 0.136. The molecular formula is C21H24ClN3O3. The molecule has 0 saturated carbocycles. The highest BCUT2D eigenvalue weighted by molar-refractivity contribution is 6.30. The van der Waals surface area contributed by atoms with E-state index in [1.807, 2.05) is 20.8 Å². The molecule has 0 aliphatic heterocycles. The Morgan fingerprint density at radius 3 is 2.25 bits per heavy atom. The third kappa shape index (κ3) is 5.82. The predicted octanol–water partition coefficient (Wildman–Crippen LogP) is 3.48. The summed E-state index contributed by atoms with van der Waals surface area (Å²) in [6.07, 6.45) is 0. The fraction of sp³-hybridized carbons (Fsp3) is 0.286. The lowest BCUT2D eigenvalue weighted by Gasteiger charge is -2.22. The molecule has 6 nitrogen and oxygen atoms in total. The first-order valence-corrected chi connectivity index (χ1v) is 9.45. The molecule has 0 aliphatic rings. The van der Waals surface area contributed by atoms with Crippen LogP contribution in [0.3, 0.4) is 0 Å². The summed E-state index contributed by atoms with van der Waals surface area (Å²) >= 11 is 5.84. The number of carbonyl (C=O) groups excluding carboxylic acids is 3. The van der Waals surface area contributed by atoms with Gasteiger partial charge in [0, 0.05) is 28.4 Å². The molecule has 148 valence electrons. The molecule has 2 aromatic rings. The first kappa shape index (κ1) is 21.4. The molecule has 0 spiro atoms. The standard InChI is InChI=1S/C21H24ClN3O3/c1-4-23-19(26)15-6-5-7-17(12-15)24-21(28)18(13(2)3)25-20(27)14-8-10-16(22)11-9-14/h5-13,18H,4H2,1-3H3,(H,23,26)(H,24,28)(H,25,27)/t18-/m0/s1. The third-order valence-corrected chi connectivity index (χ3v) is 4.32. The Hall–Kier alpha value is -2.86. The fourth-order valence-electron chi connectivity index (χ4n) is 2.58. The molecule has 0 heterocycles. The molecule has 0 unspecified atom stereocenters. The van der Waals surface area contributed by atoms with Gasteiger partial charge in [-0.1, -0.05) is 31.5 Å². The van der Waals surface area contributed by atoms with Crippen molar-refractivity contribution in [3.63, 3.8) is 0 Å². The predicted molar refractivity (Wildman–Crippen MR) is 111 cm³/mol. The monoisotopic (exact) mass is 401 g/mol. The van der Waals surface area contributed by atoms with Gasteiger partial charge in [0.2, 0.25) is 5.91 Å². The normalized spacial score (nSPS) is 11.6. The lowest BCUT2D eigenvalue weighted by Crippen LogP contribution is -2.47. The number of carbonyl (C=O) groups is 3. The highest BCUT2D eigenvalue weighted by Crippen LogP contribution is 2.14. The van der Waals surface area contributed by atoms with E-state index in [-0.39, 0.29) is 23.6 Å². The summed E-state index contributed by atoms with van der Waals surface area (Å²) in [5.41, 5.74) is 1.35. The van der Waals surface area contributed by atoms with Gasteiger partial charge in [0.25, 0.3) is 11.8 Å². The molecule has 2 rings (SSSR count). The molecule has 0 fully saturated rings. The summed E-state index contributed by atoms with van der Waals surface area (Å²) in [6, 6.07) is 12.4. The van der Waals surface area contributed by atoms with E-state index >= 15 is 0 Å². The molecule has 0 saturated heterocycles. The number of anilines is 1. The second kappa shape index (κ2) is 9.90. The zero-order valence-electron chi connectivity index (χ0n) is 16.1. The minimum atomic E-state index is -0.740. The average Bonchev–Trinajstić information content (AvgIpc) is 2.66. The Balaban J connectivity index is 2.10. The molecule has 0 bridgehead atoms. The van der Waals surface area contributed by atoms with E-state index in [0.717, 1.165) is 0 Å². The van der Waals surface area contributed by atoms with E-state index in [1.165, 1.54) is 0 Å². The lowest BCUT2D eigenvalue weighted by atomic mass is 10.0. The van der Waals surface area contributed by atoms with Crippen molar-refractivity contribution in [1.82, 2.24) is 10.6 Å². The fourth-order valence-corrected chi connectivity index (χ4v) is 2.71. The molecule has 3 N–H and O–H groups in total. The number of hydrogen-bond donors (Lipinski definition) is 3. The van der Waals surface area contributed by atoms with Crippen LogP contribution >= 0.6 is 11.6 Å². The number of amides is 3. The Bertz CT molecular complexity index is 850. The maximum absolute atomic E-state index is 12.7. The maximum atomic E-state index is 12.7. The second-order valence-corrected chi connectivity index (χ2v) is 7.07. The van der Waals surface area contributed by atoms with E-state index in [1.54, 1.807) is 48.5 Å². The van der Waals surface area contributed by atoms with Gasteiger partial charge in [-0.2, -0.15) is 0 Å². The van der Waals surface area contributed by atoms with Crippen molar-refractivity contribution >= 4 is 35.0 Å². The summed E-state index contributed by atoms with van der Waals surface area (Å²) in [4.78, 5) is 37.2. The number of nitrogens with one attached hydrogen (secondary N) is 3. The molecule has 3 amide bonds. The summed E-state index contributed by atoms with van der Waals surface area (Å²) in [7, 11) is 0. The van der Waals surface area contributed by atoms with Crippen LogP contribution in [-0.2, 0) is 4.79 Å². The summed E-state index contributed by atoms with van der Waals surface area (Å²) in [5.74, 6) is -1.06. The highest BCUT2D eigenvalue weighted by atomic mass is 35.5. The average molecular weight is 402 g/mol. The minimum Gasteiger partial charge on any atom is -0.352 e. The van der Waals surface area contributed by atoms with Crippen LogP contribution in [0.5, 0.6) is 0 Å². The Morgan fingerprint density at radius 1 is 0.964 bits per heavy atom. The molecule has 0 aromatic heterocycles. The maximum Gasteiger partial charge on any atom is 0.251 e. The summed E-state index contributed by atoms with van der Waals surface area (Å²) in [5, 5.41) is 8.77. The van der Waals surface area contributed by atoms with Gasteiger partial charge in [-0.25, -0.2) is 0 Å². The molecule has 0 radical (unpaired) electrons. The van der Waals surface area contributed by atoms with Crippen molar-refractivity contribution in [3.05, 3.63) is 64.7 Å². The number of halogens is 1. The number of benzene rings is 2. The van der Waals surface area contributed by atoms with Gasteiger partial charge in [-0.3, -0.25) is 14.4 Å². The Kier molecular flexibility index (Phi) is 7.58. The van der Waals surface area contributed by atoms with Gasteiger partial charge >= 0.3 is 0 Å². The quantitative estimate of drug-likeness (QED) is 0.663. The second-order valence-electron chi connectivity index (χ2n) is 6.63. The van der Waals surface area contributed by atoms with Crippen LogP contribution in [0.15, 0.2) is 48.5 Å². The van der Waals surface area contributed by atoms with Crippen LogP contribution in [0.25, 0.3) is 0 Å². The number of hydrogen-bond acceptors (Lipinski definition) is 3. The van der Waals surface area contributed by atoms with Crippen LogP contribution in [0.2, 0.25) is 5.02 Å². The van der Waals surface area contributed by atoms with E-state index in [0.29, 0.717) is 28.4 Å². The van der Waals surface area contributed by atoms with Crippen molar-refractivity contribution < 1.29 is 14.4 Å². The van der Waals surface area contributed by atoms with Crippen LogP contribution < -0.4 is 16.0 Å². The van der Waals surface area contributed by atoms with Crippen molar-refractivity contribution in [2.45, 2.75) is 26.8 Å². The topological polar surface area (TPSA) is 87.3 Å². The zero-order chi connectivity index (χ0) is 20.7. The summed E-state index contributed by atoms with van der Waals surface area (Å²) < 4.78 is 0.